The number of rotatable bonds is 6. The van der Waals surface area contributed by atoms with Crippen LogP contribution in [0.3, 0.4) is 0 Å². The Morgan fingerprint density at radius 1 is 1.17 bits per heavy atom. The lowest BCUT2D eigenvalue weighted by Crippen LogP contribution is -2.40. The van der Waals surface area contributed by atoms with E-state index in [0.717, 1.165) is 22.8 Å². The Morgan fingerprint density at radius 2 is 1.91 bits per heavy atom. The molecule has 0 aliphatic carbocycles. The van der Waals surface area contributed by atoms with E-state index in [1.54, 1.807) is 7.11 Å². The van der Waals surface area contributed by atoms with Crippen molar-refractivity contribution in [1.82, 2.24) is 10.6 Å². The fraction of sp³-hybridized carbons (Fsp3) is 0.471. The molecular formula is C17H24N2O4. The number of amides is 2. The first-order chi connectivity index (χ1) is 10.9. The Labute approximate surface area is 136 Å². The quantitative estimate of drug-likeness (QED) is 0.853. The maximum atomic E-state index is 12.3. The molecule has 126 valence electrons. The van der Waals surface area contributed by atoms with Gasteiger partial charge in [0.05, 0.1) is 12.6 Å². The second-order valence-electron chi connectivity index (χ2n) is 5.66. The number of hydrogen-bond donors (Lipinski definition) is 2. The van der Waals surface area contributed by atoms with Gasteiger partial charge in [-0.05, 0) is 45.9 Å². The fourth-order valence-corrected chi connectivity index (χ4v) is 2.56. The highest BCUT2D eigenvalue weighted by atomic mass is 16.5. The van der Waals surface area contributed by atoms with E-state index in [1.165, 1.54) is 0 Å². The molecule has 0 saturated carbocycles. The van der Waals surface area contributed by atoms with Gasteiger partial charge in [-0.3, -0.25) is 0 Å². The Morgan fingerprint density at radius 3 is 2.43 bits per heavy atom. The molecule has 2 amide bonds. The van der Waals surface area contributed by atoms with Crippen molar-refractivity contribution in [2.75, 3.05) is 13.7 Å². The summed E-state index contributed by atoms with van der Waals surface area (Å²) < 4.78 is 16.2. The molecule has 6 nitrogen and oxygen atoms in total. The van der Waals surface area contributed by atoms with Crippen molar-refractivity contribution in [3.05, 3.63) is 46.8 Å². The van der Waals surface area contributed by atoms with Crippen molar-refractivity contribution in [1.29, 1.82) is 0 Å². The van der Waals surface area contributed by atoms with Crippen LogP contribution in [0.15, 0.2) is 27.0 Å². The third kappa shape index (κ3) is 4.39. The molecule has 0 saturated heterocycles. The monoisotopic (exact) mass is 320 g/mol. The average Bonchev–Trinajstić information content (AvgIpc) is 3.04. The van der Waals surface area contributed by atoms with Gasteiger partial charge in [-0.25, -0.2) is 4.79 Å². The van der Waals surface area contributed by atoms with Crippen LogP contribution < -0.4 is 10.6 Å². The summed E-state index contributed by atoms with van der Waals surface area (Å²) in [6.45, 7) is 7.88. The molecule has 0 aromatic carbocycles. The molecule has 0 spiro atoms. The summed E-state index contributed by atoms with van der Waals surface area (Å²) in [6, 6.07) is 4.85. The standard InChI is InChI=1S/C17H24N2O4/c1-10-6-7-16(23-10)15(9-21-5)19-17(20)18-12(3)14-8-11(2)22-13(14)4/h6-8,12,15H,9H2,1-5H3,(H2,18,19,20)/t12-,15+/m0/s1. The molecule has 0 unspecified atom stereocenters. The third-order valence-corrected chi connectivity index (χ3v) is 3.64. The second-order valence-corrected chi connectivity index (χ2v) is 5.66. The number of ether oxygens (including phenoxy) is 1. The summed E-state index contributed by atoms with van der Waals surface area (Å²) in [5.41, 5.74) is 0.967. The van der Waals surface area contributed by atoms with Gasteiger partial charge in [-0.2, -0.15) is 0 Å². The van der Waals surface area contributed by atoms with E-state index in [0.29, 0.717) is 12.4 Å². The van der Waals surface area contributed by atoms with E-state index in [-0.39, 0.29) is 18.1 Å². The second kappa shape index (κ2) is 7.37. The molecule has 0 bridgehead atoms. The number of methoxy groups -OCH3 is 1. The van der Waals surface area contributed by atoms with Gasteiger partial charge in [0.1, 0.15) is 29.1 Å². The lowest BCUT2D eigenvalue weighted by atomic mass is 10.1. The molecular weight excluding hydrogens is 296 g/mol. The van der Waals surface area contributed by atoms with Crippen LogP contribution in [-0.4, -0.2) is 19.7 Å². The number of nitrogens with one attached hydrogen (secondary N) is 2. The summed E-state index contributed by atoms with van der Waals surface area (Å²) in [6.07, 6.45) is 0. The van der Waals surface area contributed by atoms with Gasteiger partial charge in [-0.1, -0.05) is 0 Å². The van der Waals surface area contributed by atoms with E-state index in [4.69, 9.17) is 13.6 Å². The highest BCUT2D eigenvalue weighted by Gasteiger charge is 2.20. The van der Waals surface area contributed by atoms with Crippen LogP contribution in [0.25, 0.3) is 0 Å². The van der Waals surface area contributed by atoms with Crippen molar-refractivity contribution < 1.29 is 18.4 Å². The minimum absolute atomic E-state index is 0.158. The number of aryl methyl sites for hydroxylation is 3. The van der Waals surface area contributed by atoms with Crippen LogP contribution >= 0.6 is 0 Å². The number of carbonyl (C=O) groups excluding carboxylic acids is 1. The number of urea groups is 1. The SMILES string of the molecule is COC[C@@H](NC(=O)N[C@@H](C)c1cc(C)oc1C)c1ccc(C)o1. The first-order valence-corrected chi connectivity index (χ1v) is 7.60. The summed E-state index contributed by atoms with van der Waals surface area (Å²) in [5, 5.41) is 5.78. The van der Waals surface area contributed by atoms with Crippen LogP contribution in [0.4, 0.5) is 4.79 Å². The summed E-state index contributed by atoms with van der Waals surface area (Å²) >= 11 is 0. The van der Waals surface area contributed by atoms with Gasteiger partial charge in [0, 0.05) is 12.7 Å². The molecule has 2 heterocycles. The topological polar surface area (TPSA) is 76.6 Å². The molecule has 2 atom stereocenters. The van der Waals surface area contributed by atoms with E-state index in [2.05, 4.69) is 10.6 Å². The molecule has 2 N–H and O–H groups in total. The van der Waals surface area contributed by atoms with Crippen molar-refractivity contribution in [2.45, 2.75) is 39.8 Å². The van der Waals surface area contributed by atoms with Crippen LogP contribution in [0.2, 0.25) is 0 Å². The van der Waals surface area contributed by atoms with Crippen LogP contribution in [0.5, 0.6) is 0 Å². The molecule has 0 radical (unpaired) electrons. The molecule has 0 aliphatic rings. The highest BCUT2D eigenvalue weighted by Crippen LogP contribution is 2.21. The molecule has 0 aliphatic heterocycles. The summed E-state index contributed by atoms with van der Waals surface area (Å²) in [7, 11) is 1.59. The molecule has 6 heteroatoms. The summed E-state index contributed by atoms with van der Waals surface area (Å²) in [5.74, 6) is 3.10. The van der Waals surface area contributed by atoms with Gasteiger partial charge in [0.2, 0.25) is 0 Å². The molecule has 2 aromatic rings. The van der Waals surface area contributed by atoms with E-state index in [9.17, 15) is 4.79 Å². The Kier molecular flexibility index (Phi) is 5.50. The average molecular weight is 320 g/mol. The molecule has 23 heavy (non-hydrogen) atoms. The Balaban J connectivity index is 2.00. The maximum absolute atomic E-state index is 12.3. The van der Waals surface area contributed by atoms with Gasteiger partial charge < -0.3 is 24.2 Å². The lowest BCUT2D eigenvalue weighted by molar-refractivity contribution is 0.156. The largest absolute Gasteiger partial charge is 0.466 e. The Bertz CT molecular complexity index is 659. The zero-order valence-electron chi connectivity index (χ0n) is 14.2. The van der Waals surface area contributed by atoms with E-state index < -0.39 is 0 Å². The van der Waals surface area contributed by atoms with Crippen molar-refractivity contribution in [2.24, 2.45) is 0 Å². The lowest BCUT2D eigenvalue weighted by Gasteiger charge is -2.19. The molecule has 0 fully saturated rings. The summed E-state index contributed by atoms with van der Waals surface area (Å²) in [4.78, 5) is 12.3. The van der Waals surface area contributed by atoms with Gasteiger partial charge in [0.25, 0.3) is 0 Å². The predicted octanol–water partition coefficient (Wildman–Crippen LogP) is 3.55. The van der Waals surface area contributed by atoms with Crippen LogP contribution in [-0.2, 0) is 4.74 Å². The zero-order valence-corrected chi connectivity index (χ0v) is 14.2. The van der Waals surface area contributed by atoms with Crippen LogP contribution in [0, 0.1) is 20.8 Å². The minimum Gasteiger partial charge on any atom is -0.466 e. The van der Waals surface area contributed by atoms with E-state index >= 15 is 0 Å². The Hall–Kier alpha value is -2.21. The van der Waals surface area contributed by atoms with Crippen molar-refractivity contribution >= 4 is 6.03 Å². The van der Waals surface area contributed by atoms with E-state index in [1.807, 2.05) is 45.9 Å². The first kappa shape index (κ1) is 17.1. The maximum Gasteiger partial charge on any atom is 0.315 e. The van der Waals surface area contributed by atoms with Gasteiger partial charge >= 0.3 is 6.03 Å². The van der Waals surface area contributed by atoms with Gasteiger partial charge in [-0.15, -0.1) is 0 Å². The van der Waals surface area contributed by atoms with Crippen molar-refractivity contribution in [3.63, 3.8) is 0 Å². The van der Waals surface area contributed by atoms with Crippen molar-refractivity contribution in [3.8, 4) is 0 Å². The molecule has 2 aromatic heterocycles. The number of furan rings is 2. The molecule has 2 rings (SSSR count). The highest BCUT2D eigenvalue weighted by molar-refractivity contribution is 5.75. The first-order valence-electron chi connectivity index (χ1n) is 7.60. The normalized spacial score (nSPS) is 13.6. The third-order valence-electron chi connectivity index (χ3n) is 3.64. The van der Waals surface area contributed by atoms with Crippen LogP contribution in [0.1, 0.15) is 47.6 Å². The zero-order chi connectivity index (χ0) is 17.0. The number of carbonyl (C=O) groups is 1. The fourth-order valence-electron chi connectivity index (χ4n) is 2.56. The minimum atomic E-state index is -0.340. The predicted molar refractivity (Wildman–Crippen MR) is 86.3 cm³/mol. The van der Waals surface area contributed by atoms with Gasteiger partial charge in [0.15, 0.2) is 0 Å². The smallest absolute Gasteiger partial charge is 0.315 e. The number of hydrogen-bond acceptors (Lipinski definition) is 4.